The molecule has 1 saturated heterocycles. The molecule has 2 amide bonds. The molecule has 0 unspecified atom stereocenters. The first-order chi connectivity index (χ1) is 10.2. The molecule has 22 heavy (non-hydrogen) atoms. The third kappa shape index (κ3) is 2.40. The number of anilines is 1. The predicted octanol–water partition coefficient (Wildman–Crippen LogP) is 1.82. The van der Waals surface area contributed by atoms with Crippen LogP contribution in [0.15, 0.2) is 18.2 Å². The van der Waals surface area contributed by atoms with Crippen LogP contribution in [0.1, 0.15) is 39.7 Å². The number of hydrogen-bond donors (Lipinski definition) is 1. The van der Waals surface area contributed by atoms with Gasteiger partial charge in [-0.05, 0) is 57.6 Å². The second-order valence-corrected chi connectivity index (χ2v) is 7.07. The molecule has 0 bridgehead atoms. The number of carbonyl (C=O) groups excluding carboxylic acids is 1. The Labute approximate surface area is 131 Å². The van der Waals surface area contributed by atoms with Crippen molar-refractivity contribution in [2.24, 2.45) is 5.73 Å². The van der Waals surface area contributed by atoms with Gasteiger partial charge in [-0.15, -0.1) is 0 Å². The lowest BCUT2D eigenvalue weighted by molar-refractivity contribution is 0.00578. The van der Waals surface area contributed by atoms with Gasteiger partial charge < -0.3 is 15.0 Å². The van der Waals surface area contributed by atoms with Gasteiger partial charge in [-0.3, -0.25) is 4.90 Å². The summed E-state index contributed by atoms with van der Waals surface area (Å²) >= 11 is 0. The van der Waals surface area contributed by atoms with Gasteiger partial charge in [0.1, 0.15) is 0 Å². The van der Waals surface area contributed by atoms with Crippen molar-refractivity contribution >= 4 is 24.3 Å². The molecule has 118 valence electrons. The number of urea groups is 1. The Morgan fingerprint density at radius 1 is 1.23 bits per heavy atom. The maximum Gasteiger partial charge on any atom is 0.494 e. The topological polar surface area (TPSA) is 64.8 Å². The fourth-order valence-electron chi connectivity index (χ4n) is 2.97. The fraction of sp³-hybridized carbons (Fsp3) is 0.562. The van der Waals surface area contributed by atoms with Crippen molar-refractivity contribution in [1.29, 1.82) is 0 Å². The molecule has 2 aliphatic rings. The van der Waals surface area contributed by atoms with Crippen LogP contribution in [0.3, 0.4) is 0 Å². The van der Waals surface area contributed by atoms with Crippen molar-refractivity contribution in [3.05, 3.63) is 23.8 Å². The Hall–Kier alpha value is -1.53. The maximum atomic E-state index is 11.5. The molecule has 1 aromatic carbocycles. The molecule has 1 aromatic rings. The maximum absolute atomic E-state index is 11.5. The number of hydrogen-bond acceptors (Lipinski definition) is 3. The van der Waals surface area contributed by atoms with Crippen LogP contribution < -0.4 is 16.1 Å². The van der Waals surface area contributed by atoms with E-state index < -0.39 is 6.03 Å². The summed E-state index contributed by atoms with van der Waals surface area (Å²) < 4.78 is 12.2. The normalized spacial score (nSPS) is 22.5. The number of nitrogens with zero attached hydrogens (tertiary/aromatic N) is 1. The second kappa shape index (κ2) is 5.00. The molecular formula is C16H23BN2O3. The Morgan fingerprint density at radius 3 is 2.45 bits per heavy atom. The molecule has 0 saturated carbocycles. The number of rotatable bonds is 1. The van der Waals surface area contributed by atoms with Gasteiger partial charge in [0, 0.05) is 12.2 Å². The zero-order valence-electron chi connectivity index (χ0n) is 13.7. The molecule has 6 heteroatoms. The Kier molecular flexibility index (Phi) is 3.49. The molecular weight excluding hydrogens is 279 g/mol. The summed E-state index contributed by atoms with van der Waals surface area (Å²) in [6.07, 6.45) is 1.86. The lowest BCUT2D eigenvalue weighted by atomic mass is 9.77. The summed E-state index contributed by atoms with van der Waals surface area (Å²) in [5.74, 6) is 0. The predicted molar refractivity (Wildman–Crippen MR) is 87.4 cm³/mol. The molecule has 0 aliphatic carbocycles. The first kappa shape index (κ1) is 15.4. The van der Waals surface area contributed by atoms with Crippen LogP contribution in [0.2, 0.25) is 0 Å². The molecule has 0 atom stereocenters. The quantitative estimate of drug-likeness (QED) is 0.805. The molecule has 5 nitrogen and oxygen atoms in total. The lowest BCUT2D eigenvalue weighted by Gasteiger charge is -2.32. The van der Waals surface area contributed by atoms with Gasteiger partial charge in [0.2, 0.25) is 0 Å². The molecule has 0 spiro atoms. The minimum absolute atomic E-state index is 0.354. The first-order valence-electron chi connectivity index (χ1n) is 7.77. The molecule has 1 fully saturated rings. The lowest BCUT2D eigenvalue weighted by Crippen LogP contribution is -2.41. The Morgan fingerprint density at radius 2 is 1.86 bits per heavy atom. The zero-order valence-corrected chi connectivity index (χ0v) is 13.7. The SMILES string of the molecule is CC1(C)OB(c2ccc3c(c2)CCCN3C(N)=O)OC1(C)C. The third-order valence-corrected chi connectivity index (χ3v) is 5.01. The minimum Gasteiger partial charge on any atom is -0.399 e. The summed E-state index contributed by atoms with van der Waals surface area (Å²) in [5.41, 5.74) is 7.76. The molecule has 2 N–H and O–H groups in total. The van der Waals surface area contributed by atoms with Gasteiger partial charge in [0.25, 0.3) is 0 Å². The van der Waals surface area contributed by atoms with Crippen molar-refractivity contribution < 1.29 is 14.1 Å². The zero-order chi connectivity index (χ0) is 16.1. The van der Waals surface area contributed by atoms with Gasteiger partial charge in [-0.25, -0.2) is 4.79 Å². The summed E-state index contributed by atoms with van der Waals surface area (Å²) in [5, 5.41) is 0. The van der Waals surface area contributed by atoms with Gasteiger partial charge in [0.15, 0.2) is 0 Å². The molecule has 0 radical (unpaired) electrons. The summed E-state index contributed by atoms with van der Waals surface area (Å²) in [6.45, 7) is 8.85. The monoisotopic (exact) mass is 302 g/mol. The van der Waals surface area contributed by atoms with E-state index in [1.54, 1.807) is 4.90 Å². The standard InChI is InChI=1S/C16H23BN2O3/c1-15(2)16(3,4)22-17(21-15)12-7-8-13-11(10-12)6-5-9-19(13)14(18)20/h7-8,10H,5-6,9H2,1-4H3,(H2,18,20). The van der Waals surface area contributed by atoms with E-state index >= 15 is 0 Å². The van der Waals surface area contributed by atoms with Crippen LogP contribution in [-0.2, 0) is 15.7 Å². The van der Waals surface area contributed by atoms with Crippen molar-refractivity contribution in [2.75, 3.05) is 11.4 Å². The van der Waals surface area contributed by atoms with Crippen LogP contribution in [0.5, 0.6) is 0 Å². The number of carbonyl (C=O) groups is 1. The molecule has 3 rings (SSSR count). The molecule has 2 aliphatic heterocycles. The third-order valence-electron chi connectivity index (χ3n) is 5.01. The van der Waals surface area contributed by atoms with Crippen LogP contribution in [0, 0.1) is 0 Å². The number of nitrogens with two attached hydrogens (primary N) is 1. The largest absolute Gasteiger partial charge is 0.494 e. The summed E-state index contributed by atoms with van der Waals surface area (Å²) in [6, 6.07) is 5.58. The minimum atomic E-state index is -0.399. The van der Waals surface area contributed by atoms with E-state index in [0.717, 1.165) is 29.6 Å². The fourth-order valence-corrected chi connectivity index (χ4v) is 2.97. The number of amides is 2. The first-order valence-corrected chi connectivity index (χ1v) is 7.77. The van der Waals surface area contributed by atoms with Gasteiger partial charge in [0.05, 0.1) is 11.2 Å². The van der Waals surface area contributed by atoms with Crippen molar-refractivity contribution in [2.45, 2.75) is 51.7 Å². The van der Waals surface area contributed by atoms with Crippen LogP contribution in [0.25, 0.3) is 0 Å². The van der Waals surface area contributed by atoms with E-state index in [1.807, 2.05) is 39.8 Å². The average molecular weight is 302 g/mol. The highest BCUT2D eigenvalue weighted by atomic mass is 16.7. The van der Waals surface area contributed by atoms with Gasteiger partial charge in [-0.2, -0.15) is 0 Å². The summed E-state index contributed by atoms with van der Waals surface area (Å²) in [7, 11) is -0.376. The smallest absolute Gasteiger partial charge is 0.399 e. The number of primary amides is 1. The van der Waals surface area contributed by atoms with E-state index in [-0.39, 0.29) is 18.3 Å². The van der Waals surface area contributed by atoms with E-state index in [0.29, 0.717) is 6.54 Å². The summed E-state index contributed by atoms with van der Waals surface area (Å²) in [4.78, 5) is 13.2. The highest BCUT2D eigenvalue weighted by Crippen LogP contribution is 2.37. The number of aryl methyl sites for hydroxylation is 1. The van der Waals surface area contributed by atoms with Gasteiger partial charge in [-0.1, -0.05) is 12.1 Å². The average Bonchev–Trinajstić information content (AvgIpc) is 2.66. The van der Waals surface area contributed by atoms with E-state index in [2.05, 4.69) is 6.07 Å². The highest BCUT2D eigenvalue weighted by Gasteiger charge is 2.51. The highest BCUT2D eigenvalue weighted by molar-refractivity contribution is 6.62. The molecule has 0 aromatic heterocycles. The Bertz CT molecular complexity index is 599. The molecule has 2 heterocycles. The van der Waals surface area contributed by atoms with Crippen molar-refractivity contribution in [3.8, 4) is 0 Å². The number of fused-ring (bicyclic) bond motifs is 1. The van der Waals surface area contributed by atoms with Crippen LogP contribution in [-0.4, -0.2) is 30.9 Å². The van der Waals surface area contributed by atoms with Crippen LogP contribution >= 0.6 is 0 Å². The van der Waals surface area contributed by atoms with Crippen molar-refractivity contribution in [1.82, 2.24) is 0 Å². The van der Waals surface area contributed by atoms with E-state index in [1.165, 1.54) is 0 Å². The van der Waals surface area contributed by atoms with Crippen molar-refractivity contribution in [3.63, 3.8) is 0 Å². The van der Waals surface area contributed by atoms with Gasteiger partial charge >= 0.3 is 13.1 Å². The Balaban J connectivity index is 1.91. The van der Waals surface area contributed by atoms with E-state index in [4.69, 9.17) is 15.0 Å². The van der Waals surface area contributed by atoms with E-state index in [9.17, 15) is 4.79 Å². The van der Waals surface area contributed by atoms with Crippen LogP contribution in [0.4, 0.5) is 10.5 Å². The second-order valence-electron chi connectivity index (χ2n) is 7.07. The number of benzene rings is 1.